The van der Waals surface area contributed by atoms with Crippen molar-refractivity contribution in [2.75, 3.05) is 6.54 Å². The van der Waals surface area contributed by atoms with Crippen molar-refractivity contribution in [2.24, 2.45) is 0 Å². The normalized spacial score (nSPS) is 10.6. The van der Waals surface area contributed by atoms with Crippen molar-refractivity contribution in [3.05, 3.63) is 70.7 Å². The van der Waals surface area contributed by atoms with Crippen molar-refractivity contribution < 1.29 is 18.3 Å². The lowest BCUT2D eigenvalue weighted by Gasteiger charge is -2.10. The molecule has 0 unspecified atom stereocenters. The first-order chi connectivity index (χ1) is 13.1. The van der Waals surface area contributed by atoms with Gasteiger partial charge in [-0.2, -0.15) is 0 Å². The van der Waals surface area contributed by atoms with E-state index < -0.39 is 11.6 Å². The first-order valence-electron chi connectivity index (χ1n) is 8.47. The van der Waals surface area contributed by atoms with Gasteiger partial charge in [0.15, 0.2) is 0 Å². The molecule has 0 atom stereocenters. The maximum absolute atomic E-state index is 13.3. The average molecular weight is 388 g/mol. The predicted molar refractivity (Wildman–Crippen MR) is 101 cm³/mol. The van der Waals surface area contributed by atoms with E-state index in [0.717, 1.165) is 12.5 Å². The van der Waals surface area contributed by atoms with Crippen LogP contribution in [0.25, 0.3) is 10.6 Å². The number of carbonyl (C=O) groups is 1. The molecule has 0 aliphatic rings. The third-order valence-corrected chi connectivity index (χ3v) is 4.58. The molecule has 0 saturated carbocycles. The van der Waals surface area contributed by atoms with E-state index in [9.17, 15) is 13.6 Å². The standard InChI is InChI=1S/C20H18F2N2O2S/c1-2-7-23-19(25)17-12-27-20(24-17)16-5-3-4-6-18(16)26-11-13-8-14(21)10-15(22)9-13/h3-6,8-10,12H,2,7,11H2,1H3,(H,23,25). The van der Waals surface area contributed by atoms with Gasteiger partial charge in [-0.25, -0.2) is 13.8 Å². The van der Waals surface area contributed by atoms with Crippen LogP contribution >= 0.6 is 11.3 Å². The van der Waals surface area contributed by atoms with E-state index in [2.05, 4.69) is 10.3 Å². The summed E-state index contributed by atoms with van der Waals surface area (Å²) in [5.41, 5.74) is 1.46. The van der Waals surface area contributed by atoms with Crippen molar-refractivity contribution >= 4 is 17.2 Å². The van der Waals surface area contributed by atoms with E-state index in [1.54, 1.807) is 17.5 Å². The Hall–Kier alpha value is -2.80. The van der Waals surface area contributed by atoms with Crippen LogP contribution < -0.4 is 10.1 Å². The molecule has 3 rings (SSSR count). The van der Waals surface area contributed by atoms with Gasteiger partial charge in [0, 0.05) is 18.0 Å². The number of halogens is 2. The molecule has 3 aromatic rings. The first-order valence-corrected chi connectivity index (χ1v) is 9.35. The largest absolute Gasteiger partial charge is 0.488 e. The molecular formula is C20H18F2N2O2S. The third-order valence-electron chi connectivity index (χ3n) is 3.71. The fraction of sp³-hybridized carbons (Fsp3) is 0.200. The minimum atomic E-state index is -0.649. The number of para-hydroxylation sites is 1. The molecule has 1 heterocycles. The Morgan fingerprint density at radius 1 is 1.19 bits per heavy atom. The summed E-state index contributed by atoms with van der Waals surface area (Å²) in [5, 5.41) is 5.12. The van der Waals surface area contributed by atoms with E-state index in [0.29, 0.717) is 34.1 Å². The molecule has 2 aromatic carbocycles. The molecule has 0 saturated heterocycles. The summed E-state index contributed by atoms with van der Waals surface area (Å²) in [6.07, 6.45) is 0.847. The van der Waals surface area contributed by atoms with E-state index in [4.69, 9.17) is 4.74 Å². The van der Waals surface area contributed by atoms with Gasteiger partial charge < -0.3 is 10.1 Å². The van der Waals surface area contributed by atoms with Gasteiger partial charge in [0.25, 0.3) is 5.91 Å². The molecule has 0 radical (unpaired) electrons. The molecule has 140 valence electrons. The van der Waals surface area contributed by atoms with Crippen LogP contribution in [0.1, 0.15) is 29.4 Å². The summed E-state index contributed by atoms with van der Waals surface area (Å²) in [5.74, 6) is -0.987. The zero-order chi connectivity index (χ0) is 19.2. The number of hydrogen-bond donors (Lipinski definition) is 1. The van der Waals surface area contributed by atoms with E-state index in [1.165, 1.54) is 23.5 Å². The van der Waals surface area contributed by atoms with Crippen LogP contribution in [0.15, 0.2) is 47.8 Å². The average Bonchev–Trinajstić information content (AvgIpc) is 3.14. The van der Waals surface area contributed by atoms with E-state index >= 15 is 0 Å². The maximum Gasteiger partial charge on any atom is 0.270 e. The van der Waals surface area contributed by atoms with Gasteiger partial charge in [-0.3, -0.25) is 4.79 Å². The summed E-state index contributed by atoms with van der Waals surface area (Å²) in [4.78, 5) is 16.4. The number of thiazole rings is 1. The molecule has 1 amide bonds. The number of hydrogen-bond acceptors (Lipinski definition) is 4. The lowest BCUT2D eigenvalue weighted by molar-refractivity contribution is 0.0949. The highest BCUT2D eigenvalue weighted by atomic mass is 32.1. The van der Waals surface area contributed by atoms with E-state index in [1.807, 2.05) is 19.1 Å². The lowest BCUT2D eigenvalue weighted by Crippen LogP contribution is -2.24. The number of ether oxygens (including phenoxy) is 1. The van der Waals surface area contributed by atoms with Gasteiger partial charge in [-0.15, -0.1) is 11.3 Å². The molecule has 0 aliphatic carbocycles. The SMILES string of the molecule is CCCNC(=O)c1csc(-c2ccccc2OCc2cc(F)cc(F)c2)n1. The zero-order valence-corrected chi connectivity index (χ0v) is 15.5. The zero-order valence-electron chi connectivity index (χ0n) is 14.7. The first kappa shape index (κ1) is 19.0. The highest BCUT2D eigenvalue weighted by molar-refractivity contribution is 7.13. The second kappa shape index (κ2) is 8.73. The minimum Gasteiger partial charge on any atom is -0.488 e. The number of benzene rings is 2. The van der Waals surface area contributed by atoms with E-state index in [-0.39, 0.29) is 12.5 Å². The monoisotopic (exact) mass is 388 g/mol. The summed E-state index contributed by atoms with van der Waals surface area (Å²) in [6.45, 7) is 2.58. The van der Waals surface area contributed by atoms with Gasteiger partial charge >= 0.3 is 0 Å². The molecule has 0 spiro atoms. The predicted octanol–water partition coefficient (Wildman–Crippen LogP) is 4.81. The highest BCUT2D eigenvalue weighted by Crippen LogP contribution is 2.32. The number of nitrogens with one attached hydrogen (secondary N) is 1. The van der Waals surface area contributed by atoms with Gasteiger partial charge in [0.1, 0.15) is 34.7 Å². The maximum atomic E-state index is 13.3. The molecule has 1 N–H and O–H groups in total. The van der Waals surface area contributed by atoms with Crippen LogP contribution in [0.2, 0.25) is 0 Å². The Bertz CT molecular complexity index is 923. The van der Waals surface area contributed by atoms with Crippen molar-refractivity contribution in [2.45, 2.75) is 20.0 Å². The highest BCUT2D eigenvalue weighted by Gasteiger charge is 2.14. The Morgan fingerprint density at radius 2 is 1.93 bits per heavy atom. The van der Waals surface area contributed by atoms with Gasteiger partial charge in [0.2, 0.25) is 0 Å². The van der Waals surface area contributed by atoms with Crippen LogP contribution in [-0.2, 0) is 6.61 Å². The van der Waals surface area contributed by atoms with Crippen LogP contribution in [-0.4, -0.2) is 17.4 Å². The van der Waals surface area contributed by atoms with Crippen LogP contribution in [0, 0.1) is 11.6 Å². The molecule has 0 aliphatic heterocycles. The summed E-state index contributed by atoms with van der Waals surface area (Å²) < 4.78 is 32.4. The number of rotatable bonds is 7. The minimum absolute atomic E-state index is 0.0148. The summed E-state index contributed by atoms with van der Waals surface area (Å²) >= 11 is 1.33. The second-order valence-electron chi connectivity index (χ2n) is 5.86. The number of nitrogens with zero attached hydrogens (tertiary/aromatic N) is 1. The quantitative estimate of drug-likeness (QED) is 0.632. The fourth-order valence-electron chi connectivity index (χ4n) is 2.46. The summed E-state index contributed by atoms with van der Waals surface area (Å²) in [7, 11) is 0. The van der Waals surface area contributed by atoms with Crippen molar-refractivity contribution in [3.8, 4) is 16.3 Å². The number of carbonyl (C=O) groups excluding carboxylic acids is 1. The van der Waals surface area contributed by atoms with Gasteiger partial charge in [-0.1, -0.05) is 19.1 Å². The van der Waals surface area contributed by atoms with Gasteiger partial charge in [0.05, 0.1) is 5.56 Å². The molecule has 27 heavy (non-hydrogen) atoms. The lowest BCUT2D eigenvalue weighted by atomic mass is 10.2. The molecule has 7 heteroatoms. The third kappa shape index (κ3) is 4.89. The smallest absolute Gasteiger partial charge is 0.270 e. The van der Waals surface area contributed by atoms with Crippen molar-refractivity contribution in [3.63, 3.8) is 0 Å². The van der Waals surface area contributed by atoms with Crippen molar-refractivity contribution in [1.29, 1.82) is 0 Å². The fourth-order valence-corrected chi connectivity index (χ4v) is 3.29. The molecular weight excluding hydrogens is 370 g/mol. The molecule has 1 aromatic heterocycles. The number of amides is 1. The molecule has 0 fully saturated rings. The van der Waals surface area contributed by atoms with Crippen LogP contribution in [0.5, 0.6) is 5.75 Å². The topological polar surface area (TPSA) is 51.2 Å². The summed E-state index contributed by atoms with van der Waals surface area (Å²) in [6, 6.07) is 10.5. The Morgan fingerprint density at radius 3 is 2.67 bits per heavy atom. The molecule has 0 bridgehead atoms. The Balaban J connectivity index is 1.78. The molecule has 4 nitrogen and oxygen atoms in total. The number of aromatic nitrogens is 1. The second-order valence-corrected chi connectivity index (χ2v) is 6.71. The van der Waals surface area contributed by atoms with Crippen molar-refractivity contribution in [1.82, 2.24) is 10.3 Å². The van der Waals surface area contributed by atoms with Gasteiger partial charge in [-0.05, 0) is 36.2 Å². The Kier molecular flexibility index (Phi) is 6.13. The Labute approximate surface area is 159 Å². The van der Waals surface area contributed by atoms with Crippen LogP contribution in [0.3, 0.4) is 0 Å². The van der Waals surface area contributed by atoms with Crippen LogP contribution in [0.4, 0.5) is 8.78 Å².